The Balaban J connectivity index is 3.07. The zero-order valence-electron chi connectivity index (χ0n) is 6.84. The molecule has 13 heavy (non-hydrogen) atoms. The molecule has 1 aromatic rings. The van der Waals surface area contributed by atoms with Crippen LogP contribution in [0.2, 0.25) is 0 Å². The van der Waals surface area contributed by atoms with Crippen LogP contribution < -0.4 is 0 Å². The Labute approximate surface area is 73.4 Å². The summed E-state index contributed by atoms with van der Waals surface area (Å²) >= 11 is 0. The van der Waals surface area contributed by atoms with E-state index in [9.17, 15) is 9.59 Å². The maximum atomic E-state index is 10.5. The largest absolute Gasteiger partial charge is 0.481 e. The van der Waals surface area contributed by atoms with Gasteiger partial charge in [-0.3, -0.25) is 4.79 Å². The molecule has 0 amide bonds. The molecule has 0 bridgehead atoms. The fraction of sp³-hybridized carbons (Fsp3) is 0.286. The third kappa shape index (κ3) is 1.66. The number of hydrogen-bond donors (Lipinski definition) is 2. The van der Waals surface area contributed by atoms with Crippen LogP contribution in [-0.4, -0.2) is 31.8 Å². The maximum Gasteiger partial charge on any atom is 0.417 e. The van der Waals surface area contributed by atoms with E-state index >= 15 is 0 Å². The second-order valence-electron chi connectivity index (χ2n) is 2.50. The van der Waals surface area contributed by atoms with Crippen LogP contribution in [0.4, 0.5) is 4.79 Å². The minimum atomic E-state index is -1.24. The summed E-state index contributed by atoms with van der Waals surface area (Å²) in [4.78, 5) is 24.7. The molecule has 0 saturated carbocycles. The molecule has 1 aromatic heterocycles. The molecule has 0 aliphatic rings. The zero-order chi connectivity index (χ0) is 10.0. The summed E-state index contributed by atoms with van der Waals surface area (Å²) in [6.07, 6.45) is 1.22. The second kappa shape index (κ2) is 3.26. The van der Waals surface area contributed by atoms with Crippen molar-refractivity contribution in [3.8, 4) is 0 Å². The minimum absolute atomic E-state index is 0.0139. The van der Waals surface area contributed by atoms with Gasteiger partial charge in [0.2, 0.25) is 0 Å². The highest BCUT2D eigenvalue weighted by molar-refractivity contribution is 5.77. The number of nitrogens with zero attached hydrogens (tertiary/aromatic N) is 2. The van der Waals surface area contributed by atoms with E-state index in [0.29, 0.717) is 0 Å². The van der Waals surface area contributed by atoms with Crippen molar-refractivity contribution < 1.29 is 19.8 Å². The van der Waals surface area contributed by atoms with Gasteiger partial charge in [0.25, 0.3) is 0 Å². The smallest absolute Gasteiger partial charge is 0.417 e. The summed E-state index contributed by atoms with van der Waals surface area (Å²) in [5, 5.41) is 17.2. The van der Waals surface area contributed by atoms with Crippen molar-refractivity contribution in [3.05, 3.63) is 18.2 Å². The summed E-state index contributed by atoms with van der Waals surface area (Å²) in [6.45, 7) is 1.38. The van der Waals surface area contributed by atoms with Gasteiger partial charge >= 0.3 is 12.1 Å². The molecular formula is C7H8N2O4. The van der Waals surface area contributed by atoms with Gasteiger partial charge in [0.05, 0.1) is 0 Å². The summed E-state index contributed by atoms with van der Waals surface area (Å²) in [5.74, 6) is -2.01. The van der Waals surface area contributed by atoms with Gasteiger partial charge in [-0.2, -0.15) is 0 Å². The normalized spacial score (nSPS) is 12.4. The highest BCUT2D eigenvalue weighted by Gasteiger charge is 2.21. The van der Waals surface area contributed by atoms with E-state index in [1.807, 2.05) is 0 Å². The molecule has 1 atom stereocenters. The summed E-state index contributed by atoms with van der Waals surface area (Å²) in [7, 11) is 0. The number of aromatic nitrogens is 2. The lowest BCUT2D eigenvalue weighted by Gasteiger charge is -2.05. The number of carboxylic acids is 1. The Morgan fingerprint density at radius 2 is 2.15 bits per heavy atom. The van der Waals surface area contributed by atoms with E-state index < -0.39 is 18.0 Å². The van der Waals surface area contributed by atoms with Crippen LogP contribution >= 0.6 is 0 Å². The monoisotopic (exact) mass is 184 g/mol. The molecule has 0 spiro atoms. The van der Waals surface area contributed by atoms with Crippen molar-refractivity contribution in [1.29, 1.82) is 0 Å². The molecule has 0 radical (unpaired) electrons. The molecule has 0 fully saturated rings. The first kappa shape index (κ1) is 9.24. The molecule has 70 valence electrons. The van der Waals surface area contributed by atoms with Gasteiger partial charge < -0.3 is 10.2 Å². The van der Waals surface area contributed by atoms with Crippen LogP contribution in [0.3, 0.4) is 0 Å². The van der Waals surface area contributed by atoms with Gasteiger partial charge in [0, 0.05) is 12.4 Å². The van der Waals surface area contributed by atoms with Crippen LogP contribution in [-0.2, 0) is 4.79 Å². The van der Waals surface area contributed by atoms with Gasteiger partial charge in [0.1, 0.15) is 11.7 Å². The second-order valence-corrected chi connectivity index (χ2v) is 2.50. The molecule has 1 unspecified atom stereocenters. The number of aliphatic carboxylic acids is 1. The highest BCUT2D eigenvalue weighted by Crippen LogP contribution is 2.12. The van der Waals surface area contributed by atoms with Crippen LogP contribution in [0.25, 0.3) is 0 Å². The predicted molar refractivity (Wildman–Crippen MR) is 41.7 cm³/mol. The van der Waals surface area contributed by atoms with Crippen molar-refractivity contribution in [1.82, 2.24) is 9.55 Å². The lowest BCUT2D eigenvalue weighted by Crippen LogP contribution is -2.18. The fourth-order valence-corrected chi connectivity index (χ4v) is 0.908. The predicted octanol–water partition coefficient (Wildman–Crippen LogP) is 0.597. The van der Waals surface area contributed by atoms with Crippen LogP contribution in [0.1, 0.15) is 18.7 Å². The third-order valence-electron chi connectivity index (χ3n) is 1.63. The van der Waals surface area contributed by atoms with Crippen LogP contribution in [0.5, 0.6) is 0 Å². The Hall–Kier alpha value is -1.85. The zero-order valence-corrected chi connectivity index (χ0v) is 6.84. The molecule has 1 rings (SSSR count). The molecule has 6 heteroatoms. The number of hydrogen-bond acceptors (Lipinski definition) is 3. The van der Waals surface area contributed by atoms with Crippen molar-refractivity contribution in [3.63, 3.8) is 0 Å². The number of carbonyl (C=O) groups is 2. The molecule has 0 saturated heterocycles. The summed E-state index contributed by atoms with van der Waals surface area (Å²) < 4.78 is 0.790. The topological polar surface area (TPSA) is 92.4 Å². The van der Waals surface area contributed by atoms with Gasteiger partial charge in [0.15, 0.2) is 0 Å². The molecule has 0 aliphatic carbocycles. The third-order valence-corrected chi connectivity index (χ3v) is 1.63. The standard InChI is InChI=1S/C7H8N2O4/c1-4(6(10)11)5-8-2-3-9(5)7(12)13/h2-4H,1H3,(H,10,11)(H,12,13). The van der Waals surface area contributed by atoms with Gasteiger partial charge in [-0.05, 0) is 6.92 Å². The first-order valence-corrected chi connectivity index (χ1v) is 3.53. The number of imidazole rings is 1. The Morgan fingerprint density at radius 1 is 1.54 bits per heavy atom. The molecule has 1 heterocycles. The molecule has 0 aliphatic heterocycles. The average molecular weight is 184 g/mol. The lowest BCUT2D eigenvalue weighted by molar-refractivity contribution is -0.138. The fourth-order valence-electron chi connectivity index (χ4n) is 0.908. The van der Waals surface area contributed by atoms with E-state index in [2.05, 4.69) is 4.98 Å². The van der Waals surface area contributed by atoms with Crippen molar-refractivity contribution in [2.24, 2.45) is 0 Å². The van der Waals surface area contributed by atoms with Gasteiger partial charge in [-0.15, -0.1) is 0 Å². The van der Waals surface area contributed by atoms with Crippen molar-refractivity contribution >= 4 is 12.1 Å². The molecule has 0 aromatic carbocycles. The molecular weight excluding hydrogens is 176 g/mol. The van der Waals surface area contributed by atoms with E-state index in [1.165, 1.54) is 19.3 Å². The maximum absolute atomic E-state index is 10.5. The summed E-state index contributed by atoms with van der Waals surface area (Å²) in [5.41, 5.74) is 0. The first-order valence-electron chi connectivity index (χ1n) is 3.53. The number of carboxylic acid groups (broad SMARTS) is 2. The minimum Gasteiger partial charge on any atom is -0.481 e. The molecule has 6 nitrogen and oxygen atoms in total. The van der Waals surface area contributed by atoms with E-state index in [4.69, 9.17) is 10.2 Å². The lowest BCUT2D eigenvalue weighted by atomic mass is 10.2. The van der Waals surface area contributed by atoms with Crippen molar-refractivity contribution in [2.45, 2.75) is 12.8 Å². The Bertz CT molecular complexity index is 344. The Morgan fingerprint density at radius 3 is 2.62 bits per heavy atom. The first-order chi connectivity index (χ1) is 6.04. The van der Waals surface area contributed by atoms with Gasteiger partial charge in [-0.1, -0.05) is 0 Å². The van der Waals surface area contributed by atoms with E-state index in [0.717, 1.165) is 4.57 Å². The Kier molecular flexibility index (Phi) is 2.32. The SMILES string of the molecule is CC(C(=O)O)c1nccn1C(=O)O. The molecule has 2 N–H and O–H groups in total. The quantitative estimate of drug-likeness (QED) is 0.701. The highest BCUT2D eigenvalue weighted by atomic mass is 16.4. The summed E-state index contributed by atoms with van der Waals surface area (Å²) in [6, 6.07) is 0. The van der Waals surface area contributed by atoms with Crippen LogP contribution in [0.15, 0.2) is 12.4 Å². The van der Waals surface area contributed by atoms with Crippen molar-refractivity contribution in [2.75, 3.05) is 0 Å². The van der Waals surface area contributed by atoms with Gasteiger partial charge in [-0.25, -0.2) is 14.3 Å². The average Bonchev–Trinajstić information content (AvgIpc) is 2.50. The van der Waals surface area contributed by atoms with E-state index in [-0.39, 0.29) is 5.82 Å². The number of rotatable bonds is 2. The van der Waals surface area contributed by atoms with E-state index in [1.54, 1.807) is 0 Å². The van der Waals surface area contributed by atoms with Crippen LogP contribution in [0, 0.1) is 0 Å².